The third-order valence-electron chi connectivity index (χ3n) is 2.30. The zero-order chi connectivity index (χ0) is 12.3. The Morgan fingerprint density at radius 1 is 1.41 bits per heavy atom. The molecule has 3 N–H and O–H groups in total. The quantitative estimate of drug-likeness (QED) is 0.802. The van der Waals surface area contributed by atoms with Crippen LogP contribution in [0.1, 0.15) is 28.1 Å². The fourth-order valence-electron chi connectivity index (χ4n) is 1.37. The molecule has 6 nitrogen and oxygen atoms in total. The van der Waals surface area contributed by atoms with Crippen molar-refractivity contribution in [3.63, 3.8) is 0 Å². The van der Waals surface area contributed by atoms with Crippen LogP contribution in [0.4, 0.5) is 0 Å². The summed E-state index contributed by atoms with van der Waals surface area (Å²) < 4.78 is 4.96. The largest absolute Gasteiger partial charge is 0.352 e. The van der Waals surface area contributed by atoms with Crippen molar-refractivity contribution in [1.82, 2.24) is 15.5 Å². The Hall–Kier alpha value is -2.21. The second kappa shape index (κ2) is 4.75. The Morgan fingerprint density at radius 2 is 2.12 bits per heavy atom. The molecule has 0 aliphatic rings. The molecule has 1 heterocycles. The minimum atomic E-state index is -0.526. The average molecular weight is 232 g/mol. The van der Waals surface area contributed by atoms with E-state index in [1.165, 1.54) is 7.05 Å². The van der Waals surface area contributed by atoms with Crippen LogP contribution in [0.5, 0.6) is 0 Å². The third-order valence-corrected chi connectivity index (χ3v) is 2.30. The smallest absolute Gasteiger partial charge is 0.292 e. The first-order valence-corrected chi connectivity index (χ1v) is 5.08. The topological polar surface area (TPSA) is 94.0 Å². The lowest BCUT2D eigenvalue weighted by Crippen LogP contribution is -2.19. The molecule has 0 saturated carbocycles. The first-order valence-electron chi connectivity index (χ1n) is 5.08. The number of aromatic nitrogens is 2. The predicted molar refractivity (Wildman–Crippen MR) is 60.2 cm³/mol. The van der Waals surface area contributed by atoms with Crippen molar-refractivity contribution in [2.24, 2.45) is 5.73 Å². The highest BCUT2D eigenvalue weighted by molar-refractivity contribution is 5.89. The number of carbonyl (C=O) groups excluding carboxylic acids is 1. The van der Waals surface area contributed by atoms with E-state index in [1.807, 2.05) is 30.3 Å². The number of benzene rings is 1. The van der Waals surface area contributed by atoms with Crippen LogP contribution in [0.15, 0.2) is 34.9 Å². The summed E-state index contributed by atoms with van der Waals surface area (Å²) in [5.41, 5.74) is 6.79. The van der Waals surface area contributed by atoms with Gasteiger partial charge in [0.25, 0.3) is 11.7 Å². The minimum absolute atomic E-state index is 0.0196. The number of hydrogen-bond donors (Lipinski definition) is 2. The lowest BCUT2D eigenvalue weighted by atomic mass is 10.1. The van der Waals surface area contributed by atoms with Crippen LogP contribution >= 0.6 is 0 Å². The zero-order valence-electron chi connectivity index (χ0n) is 9.25. The molecule has 1 amide bonds. The summed E-state index contributed by atoms with van der Waals surface area (Å²) in [7, 11) is 1.50. The van der Waals surface area contributed by atoms with Crippen molar-refractivity contribution in [1.29, 1.82) is 0 Å². The fraction of sp³-hybridized carbons (Fsp3) is 0.182. The predicted octanol–water partition coefficient (Wildman–Crippen LogP) is 0.477. The number of nitrogens with zero attached hydrogens (tertiary/aromatic N) is 2. The van der Waals surface area contributed by atoms with Crippen LogP contribution in [-0.2, 0) is 0 Å². The first kappa shape index (κ1) is 11.3. The van der Waals surface area contributed by atoms with Crippen LogP contribution in [0.3, 0.4) is 0 Å². The molecular weight excluding hydrogens is 220 g/mol. The Morgan fingerprint density at radius 3 is 2.76 bits per heavy atom. The maximum Gasteiger partial charge on any atom is 0.292 e. The van der Waals surface area contributed by atoms with Gasteiger partial charge in [0.15, 0.2) is 0 Å². The van der Waals surface area contributed by atoms with E-state index < -0.39 is 11.9 Å². The van der Waals surface area contributed by atoms with Gasteiger partial charge in [0.2, 0.25) is 5.89 Å². The molecule has 2 rings (SSSR count). The van der Waals surface area contributed by atoms with Crippen molar-refractivity contribution < 1.29 is 9.32 Å². The highest BCUT2D eigenvalue weighted by Gasteiger charge is 2.19. The number of amides is 1. The zero-order valence-corrected chi connectivity index (χ0v) is 9.25. The molecule has 0 aliphatic carbocycles. The Kier molecular flexibility index (Phi) is 3.15. The van der Waals surface area contributed by atoms with Gasteiger partial charge in [0.05, 0.1) is 0 Å². The summed E-state index contributed by atoms with van der Waals surface area (Å²) in [6.45, 7) is 0. The van der Waals surface area contributed by atoms with Gasteiger partial charge in [-0.05, 0) is 5.56 Å². The van der Waals surface area contributed by atoms with Gasteiger partial charge in [0.1, 0.15) is 6.04 Å². The van der Waals surface area contributed by atoms with Crippen molar-refractivity contribution in [2.45, 2.75) is 6.04 Å². The highest BCUT2D eigenvalue weighted by Crippen LogP contribution is 2.17. The van der Waals surface area contributed by atoms with Crippen LogP contribution < -0.4 is 11.1 Å². The SMILES string of the molecule is CNC(=O)c1noc([C@@H](N)c2ccccc2)n1. The summed E-state index contributed by atoms with van der Waals surface area (Å²) >= 11 is 0. The molecule has 0 spiro atoms. The van der Waals surface area contributed by atoms with Gasteiger partial charge in [-0.1, -0.05) is 35.5 Å². The average Bonchev–Trinajstić information content (AvgIpc) is 2.87. The minimum Gasteiger partial charge on any atom is -0.352 e. The summed E-state index contributed by atoms with van der Waals surface area (Å²) in [5.74, 6) is -0.205. The van der Waals surface area contributed by atoms with Gasteiger partial charge in [-0.2, -0.15) is 4.98 Å². The third kappa shape index (κ3) is 2.31. The van der Waals surface area contributed by atoms with E-state index in [9.17, 15) is 4.79 Å². The molecule has 0 unspecified atom stereocenters. The number of rotatable bonds is 3. The lowest BCUT2D eigenvalue weighted by Gasteiger charge is -2.05. The van der Waals surface area contributed by atoms with E-state index in [-0.39, 0.29) is 11.7 Å². The monoisotopic (exact) mass is 232 g/mol. The molecule has 0 saturated heterocycles. The van der Waals surface area contributed by atoms with E-state index in [1.54, 1.807) is 0 Å². The summed E-state index contributed by atoms with van der Waals surface area (Å²) in [4.78, 5) is 15.2. The van der Waals surface area contributed by atoms with Crippen LogP contribution in [-0.4, -0.2) is 23.1 Å². The molecule has 0 aliphatic heterocycles. The molecule has 0 bridgehead atoms. The Bertz CT molecular complexity index is 509. The normalized spacial score (nSPS) is 12.1. The van der Waals surface area contributed by atoms with E-state index >= 15 is 0 Å². The molecule has 0 radical (unpaired) electrons. The summed E-state index contributed by atoms with van der Waals surface area (Å²) in [6.07, 6.45) is 0. The van der Waals surface area contributed by atoms with Crippen LogP contribution in [0.2, 0.25) is 0 Å². The number of carbonyl (C=O) groups is 1. The molecule has 0 fully saturated rings. The molecular formula is C11H12N4O2. The van der Waals surface area contributed by atoms with Crippen molar-refractivity contribution in [3.05, 3.63) is 47.6 Å². The fourth-order valence-corrected chi connectivity index (χ4v) is 1.37. The summed E-state index contributed by atoms with van der Waals surface area (Å²) in [5, 5.41) is 5.96. The lowest BCUT2D eigenvalue weighted by molar-refractivity contribution is 0.0950. The van der Waals surface area contributed by atoms with Crippen molar-refractivity contribution in [2.75, 3.05) is 7.05 Å². The van der Waals surface area contributed by atoms with Crippen molar-refractivity contribution in [3.8, 4) is 0 Å². The van der Waals surface area contributed by atoms with E-state index in [0.717, 1.165) is 5.56 Å². The van der Waals surface area contributed by atoms with Crippen LogP contribution in [0.25, 0.3) is 0 Å². The van der Waals surface area contributed by atoms with Gasteiger partial charge >= 0.3 is 0 Å². The number of nitrogens with two attached hydrogens (primary N) is 1. The highest BCUT2D eigenvalue weighted by atomic mass is 16.5. The van der Waals surface area contributed by atoms with Crippen molar-refractivity contribution >= 4 is 5.91 Å². The van der Waals surface area contributed by atoms with Gasteiger partial charge in [-0.15, -0.1) is 0 Å². The number of hydrogen-bond acceptors (Lipinski definition) is 5. The number of nitrogens with one attached hydrogen (secondary N) is 1. The second-order valence-electron chi connectivity index (χ2n) is 3.42. The van der Waals surface area contributed by atoms with Crippen LogP contribution in [0, 0.1) is 0 Å². The maximum absolute atomic E-state index is 11.2. The molecule has 88 valence electrons. The molecule has 1 aromatic heterocycles. The summed E-state index contributed by atoms with van der Waals surface area (Å²) in [6, 6.07) is 8.81. The van der Waals surface area contributed by atoms with Gasteiger partial charge in [0, 0.05) is 7.05 Å². The second-order valence-corrected chi connectivity index (χ2v) is 3.42. The molecule has 1 atom stereocenters. The molecule has 6 heteroatoms. The van der Waals surface area contributed by atoms with E-state index in [0.29, 0.717) is 0 Å². The molecule has 1 aromatic carbocycles. The first-order chi connectivity index (χ1) is 8.22. The van der Waals surface area contributed by atoms with E-state index in [4.69, 9.17) is 10.3 Å². The standard InChI is InChI=1S/C11H12N4O2/c1-13-10(16)9-14-11(17-15-9)8(12)7-5-3-2-4-6-7/h2-6,8H,12H2,1H3,(H,13,16)/t8-/m0/s1. The van der Waals surface area contributed by atoms with Gasteiger partial charge < -0.3 is 15.6 Å². The van der Waals surface area contributed by atoms with Gasteiger partial charge in [-0.25, -0.2) is 0 Å². The Labute approximate surface area is 97.8 Å². The van der Waals surface area contributed by atoms with E-state index in [2.05, 4.69) is 15.5 Å². The Balaban J connectivity index is 2.23. The maximum atomic E-state index is 11.2. The van der Waals surface area contributed by atoms with Gasteiger partial charge in [-0.3, -0.25) is 4.79 Å². The molecule has 2 aromatic rings. The molecule has 17 heavy (non-hydrogen) atoms.